The van der Waals surface area contributed by atoms with Gasteiger partial charge in [-0.25, -0.2) is 4.79 Å². The molecule has 0 spiro atoms. The van der Waals surface area contributed by atoms with E-state index in [2.05, 4.69) is 25.7 Å². The topological polar surface area (TPSA) is 52.6 Å². The smallest absolute Gasteiger partial charge is 0.334 e. The molecule has 26 heavy (non-hydrogen) atoms. The van der Waals surface area contributed by atoms with Crippen LogP contribution in [0.2, 0.25) is 0 Å². The van der Waals surface area contributed by atoms with E-state index in [4.69, 9.17) is 9.47 Å². The third kappa shape index (κ3) is 5.45. The minimum atomic E-state index is -0.448. The number of fused-ring (bicyclic) bond motifs is 1. The second-order valence-corrected chi connectivity index (χ2v) is 7.46. The van der Waals surface area contributed by atoms with Crippen LogP contribution in [0.5, 0.6) is 0 Å². The standard InChI is InChI=1S/C22H30O4/c1-14-8-6-10-15(2)12-19(25-18(5)23)21-17(4)22(24)26-20(21)13-16(3)11-7-9-14/h9-10,13,19-21H,4,6-8,11-12H2,1-3,5H3. The fourth-order valence-electron chi connectivity index (χ4n) is 3.59. The Morgan fingerprint density at radius 2 is 1.73 bits per heavy atom. The summed E-state index contributed by atoms with van der Waals surface area (Å²) < 4.78 is 11.1. The van der Waals surface area contributed by atoms with Crippen molar-refractivity contribution in [2.24, 2.45) is 5.92 Å². The predicted octanol–water partition coefficient (Wildman–Crippen LogP) is 4.82. The summed E-state index contributed by atoms with van der Waals surface area (Å²) >= 11 is 0. The Bertz CT molecular complexity index is 666. The lowest BCUT2D eigenvalue weighted by atomic mass is 9.86. The van der Waals surface area contributed by atoms with Gasteiger partial charge in [0.05, 0.1) is 5.92 Å². The minimum Gasteiger partial charge on any atom is -0.461 e. The highest BCUT2D eigenvalue weighted by atomic mass is 16.6. The summed E-state index contributed by atoms with van der Waals surface area (Å²) in [5, 5.41) is 0. The largest absolute Gasteiger partial charge is 0.461 e. The van der Waals surface area contributed by atoms with Gasteiger partial charge in [-0.2, -0.15) is 0 Å². The third-order valence-corrected chi connectivity index (χ3v) is 5.01. The summed E-state index contributed by atoms with van der Waals surface area (Å²) in [4.78, 5) is 23.8. The van der Waals surface area contributed by atoms with E-state index in [0.717, 1.165) is 36.8 Å². The van der Waals surface area contributed by atoms with Gasteiger partial charge in [0, 0.05) is 18.9 Å². The molecule has 0 saturated carbocycles. The third-order valence-electron chi connectivity index (χ3n) is 5.01. The van der Waals surface area contributed by atoms with E-state index in [-0.39, 0.29) is 11.9 Å². The van der Waals surface area contributed by atoms with Crippen molar-refractivity contribution >= 4 is 11.9 Å². The first-order valence-corrected chi connectivity index (χ1v) is 9.33. The maximum atomic E-state index is 12.1. The van der Waals surface area contributed by atoms with Crippen molar-refractivity contribution in [2.75, 3.05) is 0 Å². The van der Waals surface area contributed by atoms with Crippen LogP contribution in [0, 0.1) is 5.92 Å². The van der Waals surface area contributed by atoms with Crippen LogP contribution >= 0.6 is 0 Å². The van der Waals surface area contributed by atoms with Gasteiger partial charge in [-0.15, -0.1) is 0 Å². The molecule has 0 aromatic heterocycles. The van der Waals surface area contributed by atoms with E-state index in [0.29, 0.717) is 12.0 Å². The summed E-state index contributed by atoms with van der Waals surface area (Å²) in [7, 11) is 0. The molecule has 2 rings (SSSR count). The molecule has 0 aromatic rings. The fourth-order valence-corrected chi connectivity index (χ4v) is 3.59. The summed E-state index contributed by atoms with van der Waals surface area (Å²) in [6.07, 6.45) is 10.0. The van der Waals surface area contributed by atoms with Gasteiger partial charge in [0.2, 0.25) is 0 Å². The Hall–Kier alpha value is -2.10. The number of esters is 2. The zero-order valence-corrected chi connectivity index (χ0v) is 16.3. The maximum Gasteiger partial charge on any atom is 0.334 e. The summed E-state index contributed by atoms with van der Waals surface area (Å²) in [5.74, 6) is -1.10. The maximum absolute atomic E-state index is 12.1. The zero-order valence-electron chi connectivity index (χ0n) is 16.3. The van der Waals surface area contributed by atoms with Crippen LogP contribution in [-0.4, -0.2) is 24.1 Å². The van der Waals surface area contributed by atoms with Gasteiger partial charge < -0.3 is 9.47 Å². The van der Waals surface area contributed by atoms with Crippen molar-refractivity contribution in [3.8, 4) is 0 Å². The molecule has 0 aromatic carbocycles. The second kappa shape index (κ2) is 9.02. The Balaban J connectivity index is 2.38. The summed E-state index contributed by atoms with van der Waals surface area (Å²) in [5.41, 5.74) is 4.08. The van der Waals surface area contributed by atoms with Gasteiger partial charge in [-0.3, -0.25) is 4.79 Å². The number of carbonyl (C=O) groups excluding carboxylic acids is 2. The van der Waals surface area contributed by atoms with Gasteiger partial charge in [0.15, 0.2) is 0 Å². The van der Waals surface area contributed by atoms with Crippen LogP contribution < -0.4 is 0 Å². The molecule has 3 unspecified atom stereocenters. The Kier molecular flexibility index (Phi) is 7.01. The molecule has 1 aliphatic carbocycles. The fraction of sp³-hybridized carbons (Fsp3) is 0.545. The lowest BCUT2D eigenvalue weighted by molar-refractivity contribution is -0.149. The van der Waals surface area contributed by atoms with Gasteiger partial charge in [-0.05, 0) is 52.5 Å². The molecule has 142 valence electrons. The van der Waals surface area contributed by atoms with Gasteiger partial charge >= 0.3 is 11.9 Å². The van der Waals surface area contributed by atoms with E-state index >= 15 is 0 Å². The molecule has 1 fully saturated rings. The number of hydrogen-bond donors (Lipinski definition) is 0. The molecule has 4 nitrogen and oxygen atoms in total. The monoisotopic (exact) mass is 358 g/mol. The predicted molar refractivity (Wildman–Crippen MR) is 102 cm³/mol. The van der Waals surface area contributed by atoms with E-state index in [9.17, 15) is 9.59 Å². The van der Waals surface area contributed by atoms with Gasteiger partial charge in [0.25, 0.3) is 0 Å². The van der Waals surface area contributed by atoms with Crippen LogP contribution in [-0.2, 0) is 19.1 Å². The van der Waals surface area contributed by atoms with Crippen LogP contribution in [0.25, 0.3) is 0 Å². The molecule has 4 heteroatoms. The van der Waals surface area contributed by atoms with Crippen LogP contribution in [0.4, 0.5) is 0 Å². The molecule has 1 aliphatic heterocycles. The number of hydrogen-bond acceptors (Lipinski definition) is 4. The molecule has 1 saturated heterocycles. The van der Waals surface area contributed by atoms with Crippen LogP contribution in [0.15, 0.2) is 47.1 Å². The first-order chi connectivity index (χ1) is 12.3. The molecule has 1 heterocycles. The Morgan fingerprint density at radius 1 is 1.12 bits per heavy atom. The zero-order chi connectivity index (χ0) is 19.3. The number of carbonyl (C=O) groups is 2. The lowest BCUT2D eigenvalue weighted by Gasteiger charge is -2.26. The molecular formula is C22H30O4. The highest BCUT2D eigenvalue weighted by Crippen LogP contribution is 2.35. The molecule has 2 aliphatic rings. The quantitative estimate of drug-likeness (QED) is 0.383. The van der Waals surface area contributed by atoms with E-state index in [1.807, 2.05) is 19.9 Å². The van der Waals surface area contributed by atoms with Crippen molar-refractivity contribution < 1.29 is 19.1 Å². The average Bonchev–Trinajstić information content (AvgIpc) is 2.79. The summed E-state index contributed by atoms with van der Waals surface area (Å²) in [6, 6.07) is 0. The normalized spacial score (nSPS) is 28.2. The SMILES string of the molecule is C=C1C(=O)OC2C=C(C)CCC=C(C)CCC=C(C)CC(OC(C)=O)C12. The molecule has 3 atom stereocenters. The first-order valence-electron chi connectivity index (χ1n) is 9.33. The van der Waals surface area contributed by atoms with E-state index in [1.54, 1.807) is 0 Å². The van der Waals surface area contributed by atoms with Crippen molar-refractivity contribution in [3.63, 3.8) is 0 Å². The van der Waals surface area contributed by atoms with Crippen LogP contribution in [0.3, 0.4) is 0 Å². The van der Waals surface area contributed by atoms with Crippen molar-refractivity contribution in [1.29, 1.82) is 0 Å². The lowest BCUT2D eigenvalue weighted by Crippen LogP contribution is -2.32. The number of rotatable bonds is 1. The number of ether oxygens (including phenoxy) is 2. The highest BCUT2D eigenvalue weighted by molar-refractivity contribution is 5.91. The first kappa shape index (κ1) is 20.2. The minimum absolute atomic E-state index is 0.343. The molecule has 0 N–H and O–H groups in total. The van der Waals surface area contributed by atoms with Crippen LogP contribution in [0.1, 0.15) is 59.8 Å². The van der Waals surface area contributed by atoms with E-state index in [1.165, 1.54) is 12.5 Å². The van der Waals surface area contributed by atoms with Crippen molar-refractivity contribution in [2.45, 2.75) is 72.0 Å². The van der Waals surface area contributed by atoms with Gasteiger partial charge in [-0.1, -0.05) is 35.5 Å². The molecule has 0 amide bonds. The Morgan fingerprint density at radius 3 is 2.38 bits per heavy atom. The Labute approximate surface area is 156 Å². The molecule has 0 radical (unpaired) electrons. The van der Waals surface area contributed by atoms with Crippen molar-refractivity contribution in [1.82, 2.24) is 0 Å². The molecule has 0 bridgehead atoms. The van der Waals surface area contributed by atoms with Gasteiger partial charge in [0.1, 0.15) is 12.2 Å². The molecular weight excluding hydrogens is 328 g/mol. The van der Waals surface area contributed by atoms with E-state index < -0.39 is 18.2 Å². The summed E-state index contributed by atoms with van der Waals surface area (Å²) in [6.45, 7) is 11.6. The number of allylic oxidation sites excluding steroid dienone is 4. The van der Waals surface area contributed by atoms with Crippen molar-refractivity contribution in [3.05, 3.63) is 47.1 Å². The highest BCUT2D eigenvalue weighted by Gasteiger charge is 2.43. The second-order valence-electron chi connectivity index (χ2n) is 7.46. The average molecular weight is 358 g/mol.